The number of carbonyl (C=O) groups excluding carboxylic acids is 3. The number of likely N-dealkylation sites (tertiary alicyclic amines) is 1. The number of ether oxygens (including phenoxy) is 1. The van der Waals surface area contributed by atoms with Crippen molar-refractivity contribution >= 4 is 29.5 Å². The summed E-state index contributed by atoms with van der Waals surface area (Å²) >= 11 is 1.65. The first-order chi connectivity index (χ1) is 16.8. The molecular formula is C27H40N2O5S. The molecule has 3 heterocycles. The molecule has 4 rings (SSSR count). The Morgan fingerprint density at radius 3 is 2.63 bits per heavy atom. The molecule has 3 saturated heterocycles. The summed E-state index contributed by atoms with van der Waals surface area (Å²) in [5.41, 5.74) is 0. The molecule has 1 aliphatic carbocycles. The summed E-state index contributed by atoms with van der Waals surface area (Å²) in [7, 11) is 0. The number of esters is 1. The number of amides is 2. The number of thioether (sulfide) groups is 1. The molecule has 3 unspecified atom stereocenters. The standard InChI is InChI=1S/C27H40N2O5S/c1-5-7-14-34-26(33)21-20-15-17(3)27(35-20)22(21)24(31)29(18(4)16-30)23(27)25(32)28(13-6-2)19-11-9-8-10-12-19/h5-6,17-23,30H,1-2,7-16H2,3-4H3/t17?,18-,20-,21+,22+,23?,27?/m1/s1. The van der Waals surface area contributed by atoms with Crippen molar-refractivity contribution in [3.8, 4) is 0 Å². The molecule has 0 aromatic carbocycles. The van der Waals surface area contributed by atoms with Crippen LogP contribution in [-0.2, 0) is 19.1 Å². The molecule has 8 heteroatoms. The molecule has 7 nitrogen and oxygen atoms in total. The Morgan fingerprint density at radius 2 is 2.00 bits per heavy atom. The minimum Gasteiger partial charge on any atom is -0.465 e. The fraction of sp³-hybridized carbons (Fsp3) is 0.741. The minimum atomic E-state index is -0.708. The summed E-state index contributed by atoms with van der Waals surface area (Å²) in [4.78, 5) is 45.2. The highest BCUT2D eigenvalue weighted by molar-refractivity contribution is 8.02. The number of aliphatic hydroxyl groups is 1. The third kappa shape index (κ3) is 4.24. The van der Waals surface area contributed by atoms with Gasteiger partial charge in [0.15, 0.2) is 0 Å². The van der Waals surface area contributed by atoms with Crippen LogP contribution in [0, 0.1) is 17.8 Å². The number of aliphatic hydroxyl groups excluding tert-OH is 1. The molecule has 0 aromatic heterocycles. The van der Waals surface area contributed by atoms with E-state index in [0.717, 1.165) is 32.1 Å². The predicted octanol–water partition coefficient (Wildman–Crippen LogP) is 3.17. The van der Waals surface area contributed by atoms with Gasteiger partial charge in [-0.2, -0.15) is 0 Å². The van der Waals surface area contributed by atoms with Crippen LogP contribution in [0.1, 0.15) is 58.8 Å². The Morgan fingerprint density at radius 1 is 1.29 bits per heavy atom. The largest absolute Gasteiger partial charge is 0.465 e. The predicted molar refractivity (Wildman–Crippen MR) is 137 cm³/mol. The Hall–Kier alpha value is -1.80. The van der Waals surface area contributed by atoms with Gasteiger partial charge in [0.25, 0.3) is 0 Å². The average molecular weight is 505 g/mol. The highest BCUT2D eigenvalue weighted by atomic mass is 32.2. The maximum atomic E-state index is 14.4. The van der Waals surface area contributed by atoms with E-state index in [-0.39, 0.29) is 48.2 Å². The van der Waals surface area contributed by atoms with Crippen molar-refractivity contribution in [3.63, 3.8) is 0 Å². The molecule has 4 fully saturated rings. The van der Waals surface area contributed by atoms with E-state index in [1.807, 2.05) is 4.90 Å². The van der Waals surface area contributed by atoms with E-state index in [1.54, 1.807) is 35.7 Å². The molecule has 2 bridgehead atoms. The third-order valence-electron chi connectivity index (χ3n) is 8.62. The van der Waals surface area contributed by atoms with Gasteiger partial charge in [-0.3, -0.25) is 14.4 Å². The second kappa shape index (κ2) is 10.7. The van der Waals surface area contributed by atoms with Gasteiger partial charge in [0.2, 0.25) is 11.8 Å². The van der Waals surface area contributed by atoms with Crippen LogP contribution < -0.4 is 0 Å². The summed E-state index contributed by atoms with van der Waals surface area (Å²) < 4.78 is 4.86. The molecule has 1 spiro atoms. The van der Waals surface area contributed by atoms with E-state index in [0.29, 0.717) is 13.0 Å². The van der Waals surface area contributed by atoms with Gasteiger partial charge < -0.3 is 19.6 Å². The van der Waals surface area contributed by atoms with E-state index in [9.17, 15) is 19.5 Å². The van der Waals surface area contributed by atoms with Crippen molar-refractivity contribution in [3.05, 3.63) is 25.3 Å². The first-order valence-electron chi connectivity index (χ1n) is 13.1. The third-order valence-corrected chi connectivity index (χ3v) is 10.7. The second-order valence-electron chi connectivity index (χ2n) is 10.6. The topological polar surface area (TPSA) is 87.1 Å². The second-order valence-corrected chi connectivity index (χ2v) is 12.2. The molecule has 3 aliphatic heterocycles. The van der Waals surface area contributed by atoms with Crippen LogP contribution in [0.4, 0.5) is 0 Å². The van der Waals surface area contributed by atoms with Gasteiger partial charge in [-0.05, 0) is 38.5 Å². The maximum Gasteiger partial charge on any atom is 0.310 e. The first-order valence-corrected chi connectivity index (χ1v) is 14.0. The van der Waals surface area contributed by atoms with Crippen LogP contribution in [0.15, 0.2) is 25.3 Å². The molecule has 1 saturated carbocycles. The van der Waals surface area contributed by atoms with Crippen LogP contribution in [0.5, 0.6) is 0 Å². The van der Waals surface area contributed by atoms with Crippen molar-refractivity contribution in [2.24, 2.45) is 17.8 Å². The van der Waals surface area contributed by atoms with Crippen LogP contribution >= 0.6 is 11.8 Å². The Labute approximate surface area is 213 Å². The molecule has 0 radical (unpaired) electrons. The van der Waals surface area contributed by atoms with Crippen LogP contribution in [0.25, 0.3) is 0 Å². The van der Waals surface area contributed by atoms with E-state index in [4.69, 9.17) is 4.74 Å². The van der Waals surface area contributed by atoms with Crippen LogP contribution in [-0.4, -0.2) is 80.6 Å². The highest BCUT2D eigenvalue weighted by Gasteiger charge is 2.77. The monoisotopic (exact) mass is 504 g/mol. The SMILES string of the molecule is C=CCCOC(=O)[C@@H]1[C@H]2C(=O)N([C@H](C)CO)C(C(=O)N(CC=C)C3CCCCC3)C23S[C@@H]1CC3C. The molecular weight excluding hydrogens is 464 g/mol. The first kappa shape index (κ1) is 26.3. The van der Waals surface area contributed by atoms with E-state index in [2.05, 4.69) is 20.1 Å². The van der Waals surface area contributed by atoms with Crippen molar-refractivity contribution in [1.29, 1.82) is 0 Å². The quantitative estimate of drug-likeness (QED) is 0.279. The average Bonchev–Trinajstić information content (AvgIpc) is 3.46. The van der Waals surface area contributed by atoms with Crippen molar-refractivity contribution in [2.45, 2.75) is 86.9 Å². The van der Waals surface area contributed by atoms with E-state index < -0.39 is 28.7 Å². The molecule has 4 aliphatic rings. The molecule has 2 amide bonds. The lowest BCUT2D eigenvalue weighted by atomic mass is 9.66. The van der Waals surface area contributed by atoms with Crippen molar-refractivity contribution in [2.75, 3.05) is 19.8 Å². The summed E-state index contributed by atoms with van der Waals surface area (Å²) in [6.45, 7) is 11.9. The van der Waals surface area contributed by atoms with E-state index in [1.165, 1.54) is 6.42 Å². The van der Waals surface area contributed by atoms with Gasteiger partial charge >= 0.3 is 5.97 Å². The fourth-order valence-electron chi connectivity index (χ4n) is 7.02. The lowest BCUT2D eigenvalue weighted by Gasteiger charge is -2.43. The lowest BCUT2D eigenvalue weighted by molar-refractivity contribution is -0.154. The number of hydrogen-bond donors (Lipinski definition) is 1. The normalized spacial score (nSPS) is 35.0. The summed E-state index contributed by atoms with van der Waals surface area (Å²) in [5.74, 6) is -1.70. The Bertz CT molecular complexity index is 859. The van der Waals surface area contributed by atoms with Gasteiger partial charge in [-0.25, -0.2) is 0 Å². The van der Waals surface area contributed by atoms with Crippen LogP contribution in [0.3, 0.4) is 0 Å². The van der Waals surface area contributed by atoms with Gasteiger partial charge in [0.1, 0.15) is 6.04 Å². The lowest BCUT2D eigenvalue weighted by Crippen LogP contribution is -2.60. The number of carbonyl (C=O) groups is 3. The summed E-state index contributed by atoms with van der Waals surface area (Å²) in [6.07, 6.45) is 10.1. The molecule has 7 atom stereocenters. The number of fused-ring (bicyclic) bond motifs is 1. The molecule has 35 heavy (non-hydrogen) atoms. The minimum absolute atomic E-state index is 0.0420. The summed E-state index contributed by atoms with van der Waals surface area (Å²) in [6, 6.07) is -1.10. The zero-order valence-corrected chi connectivity index (χ0v) is 21.9. The highest BCUT2D eigenvalue weighted by Crippen LogP contribution is 2.69. The summed E-state index contributed by atoms with van der Waals surface area (Å²) in [5, 5.41) is 10.0. The number of nitrogens with zero attached hydrogens (tertiary/aromatic N) is 2. The van der Waals surface area contributed by atoms with Crippen molar-refractivity contribution < 1.29 is 24.2 Å². The van der Waals surface area contributed by atoms with Gasteiger partial charge in [0, 0.05) is 17.8 Å². The zero-order valence-electron chi connectivity index (χ0n) is 21.1. The molecule has 1 N–H and O–H groups in total. The van der Waals surface area contributed by atoms with E-state index >= 15 is 0 Å². The number of hydrogen-bond acceptors (Lipinski definition) is 6. The van der Waals surface area contributed by atoms with Gasteiger partial charge in [0.05, 0.1) is 35.8 Å². The zero-order chi connectivity index (χ0) is 25.3. The smallest absolute Gasteiger partial charge is 0.310 e. The molecule has 194 valence electrons. The Balaban J connectivity index is 1.73. The fourth-order valence-corrected chi connectivity index (χ4v) is 9.41. The maximum absolute atomic E-state index is 14.4. The Kier molecular flexibility index (Phi) is 8.01. The van der Waals surface area contributed by atoms with Crippen LogP contribution in [0.2, 0.25) is 0 Å². The van der Waals surface area contributed by atoms with Crippen molar-refractivity contribution in [1.82, 2.24) is 9.80 Å². The van der Waals surface area contributed by atoms with Gasteiger partial charge in [-0.1, -0.05) is 38.3 Å². The molecule has 0 aromatic rings. The van der Waals surface area contributed by atoms with Gasteiger partial charge in [-0.15, -0.1) is 24.9 Å². The number of rotatable bonds is 10.